The molecule has 28 heavy (non-hydrogen) atoms. The summed E-state index contributed by atoms with van der Waals surface area (Å²) in [5, 5.41) is 2.79. The number of amides is 2. The van der Waals surface area contributed by atoms with E-state index in [1.165, 1.54) is 4.90 Å². The molecule has 2 unspecified atom stereocenters. The van der Waals surface area contributed by atoms with Crippen molar-refractivity contribution < 1.29 is 18.0 Å². The van der Waals surface area contributed by atoms with Crippen molar-refractivity contribution in [3.8, 4) is 11.3 Å². The van der Waals surface area contributed by atoms with Crippen LogP contribution in [0.3, 0.4) is 0 Å². The molecule has 1 aromatic carbocycles. The zero-order valence-electron chi connectivity index (χ0n) is 15.3. The van der Waals surface area contributed by atoms with Gasteiger partial charge in [0.05, 0.1) is 11.6 Å². The molecule has 1 aliphatic rings. The second-order valence-corrected chi connectivity index (χ2v) is 6.95. The predicted molar refractivity (Wildman–Crippen MR) is 100 cm³/mol. The van der Waals surface area contributed by atoms with Crippen LogP contribution < -0.4 is 11.1 Å². The van der Waals surface area contributed by atoms with Crippen LogP contribution in [0.5, 0.6) is 0 Å². The van der Waals surface area contributed by atoms with Crippen LogP contribution in [0.4, 0.5) is 18.0 Å². The Morgan fingerprint density at radius 3 is 2.75 bits per heavy atom. The molecule has 2 amide bonds. The molecule has 2 aromatic rings. The monoisotopic (exact) mass is 392 g/mol. The van der Waals surface area contributed by atoms with Crippen LogP contribution in [0, 0.1) is 11.8 Å². The molecule has 2 heterocycles. The highest BCUT2D eigenvalue weighted by atomic mass is 19.4. The van der Waals surface area contributed by atoms with E-state index in [2.05, 4.69) is 10.3 Å². The smallest absolute Gasteiger partial charge is 0.334 e. The Morgan fingerprint density at radius 2 is 2.07 bits per heavy atom. The molecule has 3 rings (SSSR count). The van der Waals surface area contributed by atoms with Gasteiger partial charge in [-0.05, 0) is 36.7 Å². The lowest BCUT2D eigenvalue weighted by Gasteiger charge is -2.38. The average molecular weight is 392 g/mol. The minimum absolute atomic E-state index is 0.0144. The van der Waals surface area contributed by atoms with Crippen LogP contribution in [0.2, 0.25) is 0 Å². The molecule has 0 radical (unpaired) electrons. The molecule has 150 valence electrons. The predicted octanol–water partition coefficient (Wildman–Crippen LogP) is 3.42. The van der Waals surface area contributed by atoms with Crippen molar-refractivity contribution in [3.63, 3.8) is 0 Å². The molecule has 1 aliphatic heterocycles. The zero-order chi connectivity index (χ0) is 20.1. The van der Waals surface area contributed by atoms with E-state index < -0.39 is 18.0 Å². The number of carbonyl (C=O) groups is 1. The van der Waals surface area contributed by atoms with Gasteiger partial charge in [-0.2, -0.15) is 13.2 Å². The summed E-state index contributed by atoms with van der Waals surface area (Å²) in [5.74, 6) is -2.22. The Balaban J connectivity index is 1.59. The van der Waals surface area contributed by atoms with E-state index in [9.17, 15) is 18.0 Å². The van der Waals surface area contributed by atoms with E-state index in [4.69, 9.17) is 5.73 Å². The number of nitrogens with two attached hydrogens (primary N) is 1. The lowest BCUT2D eigenvalue weighted by Crippen LogP contribution is -2.52. The van der Waals surface area contributed by atoms with Crippen molar-refractivity contribution in [3.05, 3.63) is 54.2 Å². The molecule has 0 aliphatic carbocycles. The first-order chi connectivity index (χ1) is 13.4. The molecular formula is C20H23F3N4O. The largest absolute Gasteiger partial charge is 0.392 e. The van der Waals surface area contributed by atoms with Crippen molar-refractivity contribution in [1.29, 1.82) is 0 Å². The van der Waals surface area contributed by atoms with E-state index in [0.717, 1.165) is 16.8 Å². The second-order valence-electron chi connectivity index (χ2n) is 6.95. The van der Waals surface area contributed by atoms with E-state index in [-0.39, 0.29) is 38.6 Å². The fourth-order valence-corrected chi connectivity index (χ4v) is 3.55. The molecule has 2 atom stereocenters. The zero-order valence-corrected chi connectivity index (χ0v) is 15.3. The molecule has 0 bridgehead atoms. The lowest BCUT2D eigenvalue weighted by molar-refractivity contribution is -0.197. The Labute approximate surface area is 161 Å². The molecule has 8 heteroatoms. The van der Waals surface area contributed by atoms with Crippen molar-refractivity contribution in [2.75, 3.05) is 19.6 Å². The van der Waals surface area contributed by atoms with Gasteiger partial charge >= 0.3 is 12.2 Å². The summed E-state index contributed by atoms with van der Waals surface area (Å²) in [4.78, 5) is 18.1. The maximum Gasteiger partial charge on any atom is 0.392 e. The van der Waals surface area contributed by atoms with Crippen molar-refractivity contribution in [2.24, 2.45) is 17.6 Å². The third kappa shape index (κ3) is 4.81. The molecule has 1 saturated heterocycles. The number of halogens is 3. The van der Waals surface area contributed by atoms with Crippen molar-refractivity contribution in [1.82, 2.24) is 15.2 Å². The highest BCUT2D eigenvalue weighted by Gasteiger charge is 2.47. The summed E-state index contributed by atoms with van der Waals surface area (Å²) >= 11 is 0. The first kappa shape index (κ1) is 20.1. The van der Waals surface area contributed by atoms with Gasteiger partial charge in [-0.25, -0.2) is 4.79 Å². The highest BCUT2D eigenvalue weighted by molar-refractivity contribution is 5.74. The standard InChI is InChI=1S/C20H23F3N4O/c21-20(22,23)17-7-9-27(13-16(17)11-24)19(28)26-12-14-4-3-5-15(10-14)18-6-1-2-8-25-18/h1-6,8,10,16-17H,7,9,11-13,24H2,(H,26,28). The molecule has 1 fully saturated rings. The number of aromatic nitrogens is 1. The molecule has 3 N–H and O–H groups in total. The maximum absolute atomic E-state index is 13.1. The summed E-state index contributed by atoms with van der Waals surface area (Å²) in [6, 6.07) is 12.9. The van der Waals surface area contributed by atoms with E-state index in [0.29, 0.717) is 0 Å². The number of hydrogen-bond acceptors (Lipinski definition) is 3. The maximum atomic E-state index is 13.1. The number of urea groups is 1. The quantitative estimate of drug-likeness (QED) is 0.838. The number of carbonyl (C=O) groups excluding carboxylic acids is 1. The van der Waals surface area contributed by atoms with Crippen LogP contribution in [0.25, 0.3) is 11.3 Å². The van der Waals surface area contributed by atoms with Gasteiger partial charge in [-0.15, -0.1) is 0 Å². The first-order valence-electron chi connectivity index (χ1n) is 9.18. The van der Waals surface area contributed by atoms with Gasteiger partial charge in [-0.3, -0.25) is 4.98 Å². The van der Waals surface area contributed by atoms with Crippen LogP contribution in [-0.2, 0) is 6.54 Å². The highest BCUT2D eigenvalue weighted by Crippen LogP contribution is 2.37. The Kier molecular flexibility index (Phi) is 6.18. The normalized spacial score (nSPS) is 20.1. The summed E-state index contributed by atoms with van der Waals surface area (Å²) in [6.45, 7) is 0.271. The molecule has 5 nitrogen and oxygen atoms in total. The minimum Gasteiger partial charge on any atom is -0.334 e. The number of nitrogens with one attached hydrogen (secondary N) is 1. The molecule has 0 saturated carbocycles. The second kappa shape index (κ2) is 8.60. The van der Waals surface area contributed by atoms with Crippen LogP contribution >= 0.6 is 0 Å². The third-order valence-electron chi connectivity index (χ3n) is 5.08. The van der Waals surface area contributed by atoms with Gasteiger partial charge in [0.1, 0.15) is 0 Å². The topological polar surface area (TPSA) is 71.2 Å². The molecule has 1 aromatic heterocycles. The third-order valence-corrected chi connectivity index (χ3v) is 5.08. The Hall–Kier alpha value is -2.61. The SMILES string of the molecule is NCC1CN(C(=O)NCc2cccc(-c3ccccn3)c2)CCC1C(F)(F)F. The lowest BCUT2D eigenvalue weighted by atomic mass is 9.85. The summed E-state index contributed by atoms with van der Waals surface area (Å²) in [6.07, 6.45) is -2.69. The number of nitrogens with zero attached hydrogens (tertiary/aromatic N) is 2. The molecular weight excluding hydrogens is 369 g/mol. The first-order valence-corrected chi connectivity index (χ1v) is 9.18. The van der Waals surface area contributed by atoms with Gasteiger partial charge in [0.25, 0.3) is 0 Å². The number of likely N-dealkylation sites (tertiary alicyclic amines) is 1. The van der Waals surface area contributed by atoms with Gasteiger partial charge in [0, 0.05) is 37.3 Å². The van der Waals surface area contributed by atoms with Gasteiger partial charge in [-0.1, -0.05) is 24.3 Å². The average Bonchev–Trinajstić information content (AvgIpc) is 2.71. The number of alkyl halides is 3. The van der Waals surface area contributed by atoms with Crippen LogP contribution in [0.15, 0.2) is 48.7 Å². The number of rotatable bonds is 4. The summed E-state index contributed by atoms with van der Waals surface area (Å²) in [5.41, 5.74) is 8.17. The van der Waals surface area contributed by atoms with Gasteiger partial charge < -0.3 is 16.0 Å². The summed E-state index contributed by atoms with van der Waals surface area (Å²) in [7, 11) is 0. The fraction of sp³-hybridized carbons (Fsp3) is 0.400. The van der Waals surface area contributed by atoms with Crippen LogP contribution in [-0.4, -0.2) is 41.7 Å². The fourth-order valence-electron chi connectivity index (χ4n) is 3.55. The Bertz CT molecular complexity index is 798. The van der Waals surface area contributed by atoms with E-state index in [1.807, 2.05) is 42.5 Å². The minimum atomic E-state index is -4.28. The van der Waals surface area contributed by atoms with Crippen molar-refractivity contribution >= 4 is 6.03 Å². The van der Waals surface area contributed by atoms with Gasteiger partial charge in [0.2, 0.25) is 0 Å². The van der Waals surface area contributed by atoms with Crippen molar-refractivity contribution in [2.45, 2.75) is 19.1 Å². The molecule has 0 spiro atoms. The number of pyridine rings is 1. The van der Waals surface area contributed by atoms with E-state index >= 15 is 0 Å². The number of hydrogen-bond donors (Lipinski definition) is 2. The van der Waals surface area contributed by atoms with Gasteiger partial charge in [0.15, 0.2) is 0 Å². The van der Waals surface area contributed by atoms with Crippen LogP contribution in [0.1, 0.15) is 12.0 Å². The Morgan fingerprint density at radius 1 is 1.25 bits per heavy atom. The number of piperidine rings is 1. The van der Waals surface area contributed by atoms with E-state index in [1.54, 1.807) is 6.20 Å². The summed E-state index contributed by atoms with van der Waals surface area (Å²) < 4.78 is 39.2. The number of benzene rings is 1.